The van der Waals surface area contributed by atoms with Crippen molar-refractivity contribution in [3.63, 3.8) is 0 Å². The van der Waals surface area contributed by atoms with Crippen molar-refractivity contribution in [2.24, 2.45) is 5.92 Å². The number of likely N-dealkylation sites (N-methyl/N-ethyl adjacent to an activating group) is 2. The number of hydrogen-bond acceptors (Lipinski definition) is 2. The number of allylic oxidation sites excluding steroid dienone is 1. The largest absolute Gasteiger partial charge is 0.374 e. The van der Waals surface area contributed by atoms with Crippen LogP contribution in [0.1, 0.15) is 33.6 Å². The molecule has 0 atom stereocenters. The standard InChI is InChI=1S/C13H26N2/c1-5-14(6-2)10-11-15(7-3)12(4)13-8-9-13/h13H,4-11H2,1-3H3. The van der Waals surface area contributed by atoms with E-state index < -0.39 is 0 Å². The molecule has 0 N–H and O–H groups in total. The van der Waals surface area contributed by atoms with Crippen LogP contribution in [-0.4, -0.2) is 42.5 Å². The fraction of sp³-hybridized carbons (Fsp3) is 0.846. The molecule has 0 aliphatic heterocycles. The van der Waals surface area contributed by atoms with Gasteiger partial charge in [-0.25, -0.2) is 0 Å². The zero-order valence-corrected chi connectivity index (χ0v) is 10.6. The van der Waals surface area contributed by atoms with Crippen LogP contribution in [0.4, 0.5) is 0 Å². The van der Waals surface area contributed by atoms with Crippen LogP contribution in [0, 0.1) is 5.92 Å². The molecule has 15 heavy (non-hydrogen) atoms. The van der Waals surface area contributed by atoms with E-state index in [1.165, 1.54) is 25.1 Å². The maximum atomic E-state index is 4.22. The van der Waals surface area contributed by atoms with Crippen LogP contribution in [0.25, 0.3) is 0 Å². The molecule has 0 spiro atoms. The van der Waals surface area contributed by atoms with Gasteiger partial charge < -0.3 is 9.80 Å². The summed E-state index contributed by atoms with van der Waals surface area (Å²) in [4.78, 5) is 4.93. The SMILES string of the molecule is C=C(C1CC1)N(CC)CCN(CC)CC. The second kappa shape index (κ2) is 6.16. The van der Waals surface area contributed by atoms with Gasteiger partial charge in [0.1, 0.15) is 0 Å². The van der Waals surface area contributed by atoms with Crippen molar-refractivity contribution in [3.8, 4) is 0 Å². The molecule has 0 amide bonds. The summed E-state index contributed by atoms with van der Waals surface area (Å²) in [5.74, 6) is 0.807. The average molecular weight is 210 g/mol. The van der Waals surface area contributed by atoms with E-state index in [0.29, 0.717) is 0 Å². The predicted molar refractivity (Wildman–Crippen MR) is 66.9 cm³/mol. The first kappa shape index (κ1) is 12.6. The first-order chi connectivity index (χ1) is 7.22. The van der Waals surface area contributed by atoms with Gasteiger partial charge in [-0.05, 0) is 38.8 Å². The van der Waals surface area contributed by atoms with Crippen LogP contribution < -0.4 is 0 Å². The van der Waals surface area contributed by atoms with Crippen molar-refractivity contribution in [2.45, 2.75) is 33.6 Å². The lowest BCUT2D eigenvalue weighted by Crippen LogP contribution is -2.34. The third-order valence-corrected chi connectivity index (χ3v) is 3.42. The van der Waals surface area contributed by atoms with Crippen molar-refractivity contribution in [1.82, 2.24) is 9.80 Å². The second-order valence-corrected chi connectivity index (χ2v) is 4.37. The molecule has 0 radical (unpaired) electrons. The van der Waals surface area contributed by atoms with Crippen molar-refractivity contribution in [2.75, 3.05) is 32.7 Å². The monoisotopic (exact) mass is 210 g/mol. The van der Waals surface area contributed by atoms with E-state index in [1.54, 1.807) is 0 Å². The van der Waals surface area contributed by atoms with Gasteiger partial charge in [0.05, 0.1) is 0 Å². The molecule has 1 rings (SSSR count). The van der Waals surface area contributed by atoms with Crippen LogP contribution in [-0.2, 0) is 0 Å². The number of nitrogens with zero attached hydrogens (tertiary/aromatic N) is 2. The van der Waals surface area contributed by atoms with Crippen molar-refractivity contribution in [3.05, 3.63) is 12.3 Å². The van der Waals surface area contributed by atoms with Gasteiger partial charge in [0.15, 0.2) is 0 Å². The minimum absolute atomic E-state index is 0.807. The van der Waals surface area contributed by atoms with E-state index in [9.17, 15) is 0 Å². The van der Waals surface area contributed by atoms with Crippen molar-refractivity contribution >= 4 is 0 Å². The molecule has 1 saturated carbocycles. The smallest absolute Gasteiger partial charge is 0.0302 e. The quantitative estimate of drug-likeness (QED) is 0.607. The van der Waals surface area contributed by atoms with Crippen molar-refractivity contribution in [1.29, 1.82) is 0 Å². The average Bonchev–Trinajstić information content (AvgIpc) is 3.07. The molecule has 1 aliphatic carbocycles. The molecule has 0 bridgehead atoms. The molecule has 1 aliphatic rings. The second-order valence-electron chi connectivity index (χ2n) is 4.37. The summed E-state index contributed by atoms with van der Waals surface area (Å²) in [6.07, 6.45) is 2.72. The van der Waals surface area contributed by atoms with Gasteiger partial charge >= 0.3 is 0 Å². The van der Waals surface area contributed by atoms with Crippen LogP contribution in [0.3, 0.4) is 0 Å². The fourth-order valence-corrected chi connectivity index (χ4v) is 1.98. The minimum atomic E-state index is 0.807. The normalized spacial score (nSPS) is 15.7. The lowest BCUT2D eigenvalue weighted by atomic mass is 10.2. The maximum absolute atomic E-state index is 4.22. The summed E-state index contributed by atoms with van der Waals surface area (Å²) in [7, 11) is 0. The molecule has 0 aromatic heterocycles. The third kappa shape index (κ3) is 3.86. The van der Waals surface area contributed by atoms with Gasteiger partial charge in [0.25, 0.3) is 0 Å². The molecule has 0 heterocycles. The summed E-state index contributed by atoms with van der Waals surface area (Å²) in [5.41, 5.74) is 1.38. The molecule has 0 unspecified atom stereocenters. The molecule has 0 aromatic rings. The lowest BCUT2D eigenvalue weighted by Gasteiger charge is -2.28. The maximum Gasteiger partial charge on any atom is 0.0302 e. The van der Waals surface area contributed by atoms with Gasteiger partial charge in [0.2, 0.25) is 0 Å². The van der Waals surface area contributed by atoms with Gasteiger partial charge in [-0.3, -0.25) is 0 Å². The molecular formula is C13H26N2. The molecule has 1 fully saturated rings. The van der Waals surface area contributed by atoms with Crippen LogP contribution >= 0.6 is 0 Å². The summed E-state index contributed by atoms with van der Waals surface area (Å²) < 4.78 is 0. The Kier molecular flexibility index (Phi) is 5.16. The van der Waals surface area contributed by atoms with E-state index in [-0.39, 0.29) is 0 Å². The predicted octanol–water partition coefficient (Wildman–Crippen LogP) is 2.57. The van der Waals surface area contributed by atoms with E-state index >= 15 is 0 Å². The van der Waals surface area contributed by atoms with E-state index in [1.807, 2.05) is 0 Å². The lowest BCUT2D eigenvalue weighted by molar-refractivity contribution is 0.245. The Morgan fingerprint density at radius 1 is 1.07 bits per heavy atom. The summed E-state index contributed by atoms with van der Waals surface area (Å²) in [5, 5.41) is 0. The zero-order chi connectivity index (χ0) is 11.3. The Labute approximate surface area is 94.9 Å². The highest BCUT2D eigenvalue weighted by atomic mass is 15.2. The first-order valence-corrected chi connectivity index (χ1v) is 6.38. The summed E-state index contributed by atoms with van der Waals surface area (Å²) in [6, 6.07) is 0. The van der Waals surface area contributed by atoms with Gasteiger partial charge in [-0.15, -0.1) is 0 Å². The molecule has 88 valence electrons. The number of rotatable bonds is 8. The van der Waals surface area contributed by atoms with Crippen molar-refractivity contribution < 1.29 is 0 Å². The summed E-state index contributed by atoms with van der Waals surface area (Å²) in [6.45, 7) is 16.7. The van der Waals surface area contributed by atoms with Crippen LogP contribution in [0.15, 0.2) is 12.3 Å². The van der Waals surface area contributed by atoms with Crippen LogP contribution in [0.2, 0.25) is 0 Å². The molecule has 2 nitrogen and oxygen atoms in total. The Morgan fingerprint density at radius 3 is 2.07 bits per heavy atom. The minimum Gasteiger partial charge on any atom is -0.374 e. The van der Waals surface area contributed by atoms with E-state index in [0.717, 1.165) is 32.1 Å². The molecular weight excluding hydrogens is 184 g/mol. The zero-order valence-electron chi connectivity index (χ0n) is 10.6. The van der Waals surface area contributed by atoms with Gasteiger partial charge in [-0.1, -0.05) is 20.4 Å². The summed E-state index contributed by atoms with van der Waals surface area (Å²) >= 11 is 0. The van der Waals surface area contributed by atoms with Gasteiger partial charge in [-0.2, -0.15) is 0 Å². The number of hydrogen-bond donors (Lipinski definition) is 0. The van der Waals surface area contributed by atoms with E-state index in [2.05, 4.69) is 37.1 Å². The Bertz CT molecular complexity index is 193. The fourth-order valence-electron chi connectivity index (χ4n) is 1.98. The third-order valence-electron chi connectivity index (χ3n) is 3.42. The topological polar surface area (TPSA) is 6.48 Å². The van der Waals surface area contributed by atoms with Gasteiger partial charge in [0, 0.05) is 25.3 Å². The molecule has 2 heteroatoms. The van der Waals surface area contributed by atoms with E-state index in [4.69, 9.17) is 0 Å². The first-order valence-electron chi connectivity index (χ1n) is 6.38. The highest BCUT2D eigenvalue weighted by Crippen LogP contribution is 2.36. The Morgan fingerprint density at radius 2 is 1.67 bits per heavy atom. The molecule has 0 saturated heterocycles. The Hall–Kier alpha value is -0.500. The van der Waals surface area contributed by atoms with Crippen LogP contribution in [0.5, 0.6) is 0 Å². The highest BCUT2D eigenvalue weighted by Gasteiger charge is 2.27. The molecule has 0 aromatic carbocycles. The highest BCUT2D eigenvalue weighted by molar-refractivity contribution is 5.06. The Balaban J connectivity index is 2.29.